The first-order valence-electron chi connectivity index (χ1n) is 6.44. The van der Waals surface area contributed by atoms with Gasteiger partial charge in [-0.15, -0.1) is 0 Å². The van der Waals surface area contributed by atoms with Crippen LogP contribution >= 0.6 is 0 Å². The van der Waals surface area contributed by atoms with E-state index in [-0.39, 0.29) is 37.2 Å². The molecule has 1 fully saturated rings. The van der Waals surface area contributed by atoms with Gasteiger partial charge in [-0.2, -0.15) is 0 Å². The van der Waals surface area contributed by atoms with Crippen LogP contribution in [0, 0.1) is 11.7 Å². The fraction of sp³-hybridized carbons (Fsp3) is 0.429. The van der Waals surface area contributed by atoms with Crippen LogP contribution in [-0.2, 0) is 9.59 Å². The Bertz CT molecular complexity index is 504. The minimum Gasteiger partial charge on any atom is -0.395 e. The number of hydrogen-bond donors (Lipinski definition) is 2. The van der Waals surface area contributed by atoms with E-state index in [4.69, 9.17) is 5.11 Å². The molecule has 0 spiro atoms. The molecule has 2 atom stereocenters. The molecule has 1 aliphatic heterocycles. The van der Waals surface area contributed by atoms with Crippen LogP contribution in [0.3, 0.4) is 0 Å². The van der Waals surface area contributed by atoms with Gasteiger partial charge in [0.15, 0.2) is 0 Å². The second-order valence-corrected chi connectivity index (χ2v) is 4.83. The normalized spacial score (nSPS) is 22.1. The third-order valence-electron chi connectivity index (χ3n) is 3.55. The molecule has 1 aliphatic rings. The number of carbonyl (C=O) groups is 2. The van der Waals surface area contributed by atoms with E-state index in [2.05, 4.69) is 5.32 Å². The Morgan fingerprint density at radius 1 is 1.45 bits per heavy atom. The van der Waals surface area contributed by atoms with Crippen LogP contribution in [0.25, 0.3) is 0 Å². The number of nitrogens with one attached hydrogen (secondary N) is 1. The number of nitrogens with zero attached hydrogens (tertiary/aromatic N) is 1. The maximum atomic E-state index is 13.0. The highest BCUT2D eigenvalue weighted by atomic mass is 19.1. The molecule has 2 amide bonds. The van der Waals surface area contributed by atoms with Crippen molar-refractivity contribution in [3.63, 3.8) is 0 Å². The van der Waals surface area contributed by atoms with Crippen LogP contribution in [0.5, 0.6) is 0 Å². The molecule has 20 heavy (non-hydrogen) atoms. The van der Waals surface area contributed by atoms with Gasteiger partial charge in [-0.1, -0.05) is 12.1 Å². The van der Waals surface area contributed by atoms with Crippen molar-refractivity contribution in [1.29, 1.82) is 0 Å². The van der Waals surface area contributed by atoms with Gasteiger partial charge in [0.1, 0.15) is 5.82 Å². The lowest BCUT2D eigenvalue weighted by atomic mass is 9.93. The summed E-state index contributed by atoms with van der Waals surface area (Å²) in [5.41, 5.74) is 0.726. The standard InChI is InChI=1S/C14H17FN2O3/c1-17-12(19)8-11(14(20)16-6-7-18)13(17)9-2-4-10(15)5-3-9/h2-5,11,13,18H,6-8H2,1H3,(H,16,20)/t11-,13-/m0/s1. The molecule has 1 aromatic rings. The first-order chi connectivity index (χ1) is 9.54. The first-order valence-corrected chi connectivity index (χ1v) is 6.44. The van der Waals surface area contributed by atoms with Crippen LogP contribution in [0.4, 0.5) is 4.39 Å². The number of halogens is 1. The third-order valence-corrected chi connectivity index (χ3v) is 3.55. The van der Waals surface area contributed by atoms with E-state index in [1.54, 1.807) is 19.2 Å². The number of hydrogen-bond acceptors (Lipinski definition) is 3. The first kappa shape index (κ1) is 14.5. The second-order valence-electron chi connectivity index (χ2n) is 4.83. The highest BCUT2D eigenvalue weighted by molar-refractivity contribution is 5.90. The monoisotopic (exact) mass is 280 g/mol. The average Bonchev–Trinajstić information content (AvgIpc) is 2.73. The molecule has 0 aromatic heterocycles. The fourth-order valence-corrected chi connectivity index (χ4v) is 2.53. The molecule has 108 valence electrons. The molecule has 1 saturated heterocycles. The zero-order valence-corrected chi connectivity index (χ0v) is 11.2. The highest BCUT2D eigenvalue weighted by Gasteiger charge is 2.42. The molecule has 0 unspecified atom stereocenters. The number of aliphatic hydroxyl groups is 1. The molecule has 5 nitrogen and oxygen atoms in total. The Kier molecular flexibility index (Phi) is 4.34. The summed E-state index contributed by atoms with van der Waals surface area (Å²) in [6.45, 7) is 0.00678. The molecule has 2 N–H and O–H groups in total. The Morgan fingerprint density at radius 2 is 2.10 bits per heavy atom. The molecule has 0 saturated carbocycles. The van der Waals surface area contributed by atoms with Gasteiger partial charge in [-0.25, -0.2) is 4.39 Å². The number of rotatable bonds is 4. The smallest absolute Gasteiger partial charge is 0.226 e. The molecule has 2 rings (SSSR count). The number of benzene rings is 1. The predicted octanol–water partition coefficient (Wildman–Crippen LogP) is 0.454. The fourth-order valence-electron chi connectivity index (χ4n) is 2.53. The molecule has 1 aromatic carbocycles. The number of amides is 2. The molecular weight excluding hydrogens is 263 g/mol. The zero-order valence-electron chi connectivity index (χ0n) is 11.2. The summed E-state index contributed by atoms with van der Waals surface area (Å²) >= 11 is 0. The quantitative estimate of drug-likeness (QED) is 0.841. The van der Waals surface area contributed by atoms with Crippen molar-refractivity contribution in [2.24, 2.45) is 5.92 Å². The maximum Gasteiger partial charge on any atom is 0.226 e. The van der Waals surface area contributed by atoms with Gasteiger partial charge >= 0.3 is 0 Å². The van der Waals surface area contributed by atoms with Crippen LogP contribution in [0.1, 0.15) is 18.0 Å². The zero-order chi connectivity index (χ0) is 14.7. The van der Waals surface area contributed by atoms with E-state index < -0.39 is 12.0 Å². The van der Waals surface area contributed by atoms with Crippen molar-refractivity contribution < 1.29 is 19.1 Å². The van der Waals surface area contributed by atoms with Gasteiger partial charge in [0.05, 0.1) is 18.6 Å². The van der Waals surface area contributed by atoms with E-state index in [0.717, 1.165) is 5.56 Å². The number of carbonyl (C=O) groups excluding carboxylic acids is 2. The van der Waals surface area contributed by atoms with Crippen molar-refractivity contribution in [1.82, 2.24) is 10.2 Å². The lowest BCUT2D eigenvalue weighted by molar-refractivity contribution is -0.128. The SMILES string of the molecule is CN1C(=O)C[C@H](C(=O)NCCO)[C@@H]1c1ccc(F)cc1. The van der Waals surface area contributed by atoms with Gasteiger partial charge in [0.25, 0.3) is 0 Å². The second kappa shape index (κ2) is 6.00. The summed E-state index contributed by atoms with van der Waals surface area (Å²) in [6.07, 6.45) is 0.121. The van der Waals surface area contributed by atoms with Crippen molar-refractivity contribution in [3.8, 4) is 0 Å². The van der Waals surface area contributed by atoms with E-state index >= 15 is 0 Å². The van der Waals surface area contributed by atoms with Crippen molar-refractivity contribution >= 4 is 11.8 Å². The minimum absolute atomic E-state index is 0.121. The summed E-state index contributed by atoms with van der Waals surface area (Å²) in [5.74, 6) is -1.28. The Balaban J connectivity index is 2.24. The van der Waals surface area contributed by atoms with Crippen LogP contribution in [-0.4, -0.2) is 42.0 Å². The van der Waals surface area contributed by atoms with Crippen LogP contribution in [0.2, 0.25) is 0 Å². The number of aliphatic hydroxyl groups excluding tert-OH is 1. The van der Waals surface area contributed by atoms with Gasteiger partial charge in [-0.05, 0) is 17.7 Å². The van der Waals surface area contributed by atoms with Crippen molar-refractivity contribution in [2.45, 2.75) is 12.5 Å². The molecule has 6 heteroatoms. The maximum absolute atomic E-state index is 13.0. The Hall–Kier alpha value is -1.95. The van der Waals surface area contributed by atoms with Crippen molar-refractivity contribution in [3.05, 3.63) is 35.6 Å². The van der Waals surface area contributed by atoms with E-state index in [1.807, 2.05) is 0 Å². The lowest BCUT2D eigenvalue weighted by Crippen LogP contribution is -2.35. The molecule has 0 aliphatic carbocycles. The van der Waals surface area contributed by atoms with Gasteiger partial charge < -0.3 is 15.3 Å². The largest absolute Gasteiger partial charge is 0.395 e. The van der Waals surface area contributed by atoms with Gasteiger partial charge in [0.2, 0.25) is 11.8 Å². The lowest BCUT2D eigenvalue weighted by Gasteiger charge is -2.24. The van der Waals surface area contributed by atoms with Gasteiger partial charge in [-0.3, -0.25) is 9.59 Å². The van der Waals surface area contributed by atoms with E-state index in [9.17, 15) is 14.0 Å². The number of likely N-dealkylation sites (tertiary alicyclic amines) is 1. The highest BCUT2D eigenvalue weighted by Crippen LogP contribution is 2.37. The minimum atomic E-state index is -0.524. The molecule has 0 radical (unpaired) electrons. The van der Waals surface area contributed by atoms with Crippen molar-refractivity contribution in [2.75, 3.05) is 20.2 Å². The summed E-state index contributed by atoms with van der Waals surface area (Å²) in [4.78, 5) is 25.4. The van der Waals surface area contributed by atoms with E-state index in [1.165, 1.54) is 17.0 Å². The summed E-state index contributed by atoms with van der Waals surface area (Å²) in [7, 11) is 1.63. The molecule has 1 heterocycles. The summed E-state index contributed by atoms with van der Waals surface area (Å²) in [5, 5.41) is 11.3. The third kappa shape index (κ3) is 2.80. The predicted molar refractivity (Wildman–Crippen MR) is 70.1 cm³/mol. The summed E-state index contributed by atoms with van der Waals surface area (Å²) < 4.78 is 13.0. The summed E-state index contributed by atoms with van der Waals surface area (Å²) in [6, 6.07) is 5.40. The topological polar surface area (TPSA) is 69.6 Å². The molecular formula is C14H17FN2O3. The van der Waals surface area contributed by atoms with Crippen LogP contribution in [0.15, 0.2) is 24.3 Å². The molecule has 0 bridgehead atoms. The average molecular weight is 280 g/mol. The van der Waals surface area contributed by atoms with Gasteiger partial charge in [0, 0.05) is 20.0 Å². The Morgan fingerprint density at radius 3 is 2.70 bits per heavy atom. The van der Waals surface area contributed by atoms with E-state index in [0.29, 0.717) is 0 Å². The van der Waals surface area contributed by atoms with Crippen LogP contribution < -0.4 is 5.32 Å². The Labute approximate surface area is 116 Å².